The molecule has 3 rings (SSSR count). The van der Waals surface area contributed by atoms with Gasteiger partial charge in [-0.3, -0.25) is 4.79 Å². The third kappa shape index (κ3) is 4.32. The van der Waals surface area contributed by atoms with Gasteiger partial charge in [0.2, 0.25) is 5.91 Å². The lowest BCUT2D eigenvalue weighted by Gasteiger charge is -2.50. The fraction of sp³-hybridized carbons (Fsp3) is 0.600. The van der Waals surface area contributed by atoms with Gasteiger partial charge in [-0.1, -0.05) is 39.0 Å². The maximum Gasteiger partial charge on any atom is 0.225 e. The summed E-state index contributed by atoms with van der Waals surface area (Å²) in [5, 5.41) is 7.48. The molecule has 1 aromatic rings. The molecule has 1 unspecified atom stereocenters. The Hall–Kier alpha value is -1.62. The summed E-state index contributed by atoms with van der Waals surface area (Å²) in [5.41, 5.74) is 0.699. The van der Waals surface area contributed by atoms with Crippen LogP contribution in [0.25, 0.3) is 0 Å². The van der Waals surface area contributed by atoms with E-state index in [0.717, 1.165) is 36.5 Å². The predicted molar refractivity (Wildman–Crippen MR) is 107 cm³/mol. The third-order valence-corrected chi connectivity index (χ3v) is 5.56. The van der Waals surface area contributed by atoms with E-state index in [1.54, 1.807) is 0 Å². The molecule has 2 N–H and O–H groups in total. The Morgan fingerprint density at radius 1 is 1.12 bits per heavy atom. The highest BCUT2D eigenvalue weighted by Gasteiger charge is 2.40. The summed E-state index contributed by atoms with van der Waals surface area (Å²) >= 11 is 5.72. The highest BCUT2D eigenvalue weighted by atomic mass is 32.1. The molecule has 5 heteroatoms. The Bertz CT molecular complexity index is 612. The van der Waals surface area contributed by atoms with Crippen LogP contribution in [0.2, 0.25) is 0 Å². The predicted octanol–water partition coefficient (Wildman–Crippen LogP) is 3.93. The van der Waals surface area contributed by atoms with Crippen molar-refractivity contribution in [2.24, 2.45) is 5.41 Å². The van der Waals surface area contributed by atoms with Crippen molar-refractivity contribution in [2.45, 2.75) is 71.0 Å². The summed E-state index contributed by atoms with van der Waals surface area (Å²) in [5.74, 6) is 0.147. The first-order valence-corrected chi connectivity index (χ1v) is 9.71. The number of piperidine rings is 2. The summed E-state index contributed by atoms with van der Waals surface area (Å²) in [7, 11) is 0. The van der Waals surface area contributed by atoms with E-state index in [1.807, 2.05) is 51.1 Å². The zero-order valence-electron chi connectivity index (χ0n) is 15.4. The second-order valence-electron chi connectivity index (χ2n) is 8.33. The van der Waals surface area contributed by atoms with Crippen LogP contribution in [0, 0.1) is 5.41 Å². The van der Waals surface area contributed by atoms with Gasteiger partial charge < -0.3 is 15.5 Å². The molecule has 136 valence electrons. The number of rotatable bonds is 2. The molecule has 2 aliphatic heterocycles. The topological polar surface area (TPSA) is 44.4 Å². The molecule has 0 saturated carbocycles. The molecule has 2 heterocycles. The van der Waals surface area contributed by atoms with Gasteiger partial charge >= 0.3 is 0 Å². The number of hydrogen-bond donors (Lipinski definition) is 2. The smallest absolute Gasteiger partial charge is 0.225 e. The van der Waals surface area contributed by atoms with Crippen LogP contribution in [0.15, 0.2) is 30.3 Å². The van der Waals surface area contributed by atoms with E-state index in [1.165, 1.54) is 6.42 Å². The van der Waals surface area contributed by atoms with Crippen LogP contribution >= 0.6 is 12.2 Å². The first kappa shape index (κ1) is 18.2. The van der Waals surface area contributed by atoms with Gasteiger partial charge in [0.05, 0.1) is 0 Å². The molecule has 2 aliphatic rings. The van der Waals surface area contributed by atoms with Gasteiger partial charge in [0, 0.05) is 29.2 Å². The van der Waals surface area contributed by atoms with Crippen LogP contribution in [0.4, 0.5) is 5.69 Å². The monoisotopic (exact) mass is 359 g/mol. The average molecular weight is 360 g/mol. The van der Waals surface area contributed by atoms with E-state index in [4.69, 9.17) is 12.2 Å². The van der Waals surface area contributed by atoms with Gasteiger partial charge in [0.25, 0.3) is 0 Å². The zero-order valence-corrected chi connectivity index (χ0v) is 16.2. The number of hydrogen-bond acceptors (Lipinski definition) is 2. The molecular formula is C20H29N3OS. The SMILES string of the molecule is CC(C)(C)C(=O)NC1C[C@H]2CCC[C@@H](C1)N2C(=S)Nc1ccccc1. The first-order chi connectivity index (χ1) is 11.8. The van der Waals surface area contributed by atoms with E-state index in [-0.39, 0.29) is 17.4 Å². The maximum absolute atomic E-state index is 12.3. The number of nitrogens with one attached hydrogen (secondary N) is 2. The molecular weight excluding hydrogens is 330 g/mol. The van der Waals surface area contributed by atoms with Crippen molar-refractivity contribution in [3.8, 4) is 0 Å². The number of benzene rings is 1. The largest absolute Gasteiger partial charge is 0.353 e. The normalized spacial score (nSPS) is 26.0. The lowest BCUT2D eigenvalue weighted by molar-refractivity contribution is -0.129. The zero-order chi connectivity index (χ0) is 18.0. The Labute approximate surface area is 156 Å². The fourth-order valence-electron chi connectivity index (χ4n) is 3.94. The summed E-state index contributed by atoms with van der Waals surface area (Å²) in [4.78, 5) is 14.7. The van der Waals surface area contributed by atoms with Gasteiger partial charge in [0.1, 0.15) is 0 Å². The first-order valence-electron chi connectivity index (χ1n) is 9.30. The number of thiocarbonyl (C=S) groups is 1. The molecule has 2 bridgehead atoms. The van der Waals surface area contributed by atoms with Gasteiger partial charge in [-0.05, 0) is 56.5 Å². The Balaban J connectivity index is 1.66. The Kier molecular flexibility index (Phi) is 5.32. The van der Waals surface area contributed by atoms with Crippen LogP contribution < -0.4 is 10.6 Å². The standard InChI is InChI=1S/C20H29N3OS/c1-20(2,3)18(24)21-15-12-16-10-7-11-17(13-15)23(16)19(25)22-14-8-5-4-6-9-14/h4-6,8-9,15-17H,7,10-13H2,1-3H3,(H,21,24)(H,22,25)/t15?,16-,17+. The van der Waals surface area contributed by atoms with Crippen molar-refractivity contribution < 1.29 is 4.79 Å². The fourth-order valence-corrected chi connectivity index (χ4v) is 4.36. The van der Waals surface area contributed by atoms with Crippen LogP contribution in [-0.2, 0) is 4.79 Å². The average Bonchev–Trinajstić information content (AvgIpc) is 2.54. The molecule has 0 aliphatic carbocycles. The second kappa shape index (κ2) is 7.32. The molecule has 0 radical (unpaired) electrons. The second-order valence-corrected chi connectivity index (χ2v) is 8.72. The highest BCUT2D eigenvalue weighted by molar-refractivity contribution is 7.80. The van der Waals surface area contributed by atoms with E-state index >= 15 is 0 Å². The summed E-state index contributed by atoms with van der Waals surface area (Å²) in [6.07, 6.45) is 5.51. The van der Waals surface area contributed by atoms with Crippen molar-refractivity contribution >= 4 is 28.9 Å². The van der Waals surface area contributed by atoms with E-state index in [0.29, 0.717) is 12.1 Å². The number of nitrogens with zero attached hydrogens (tertiary/aromatic N) is 1. The van der Waals surface area contributed by atoms with Crippen LogP contribution in [0.1, 0.15) is 52.9 Å². The number of carbonyl (C=O) groups excluding carboxylic acids is 1. The number of anilines is 1. The van der Waals surface area contributed by atoms with Gasteiger partial charge in [0.15, 0.2) is 5.11 Å². The minimum Gasteiger partial charge on any atom is -0.353 e. The molecule has 2 saturated heterocycles. The van der Waals surface area contributed by atoms with Gasteiger partial charge in [-0.15, -0.1) is 0 Å². The Morgan fingerprint density at radius 2 is 1.72 bits per heavy atom. The van der Waals surface area contributed by atoms with Crippen LogP contribution in [0.3, 0.4) is 0 Å². The highest BCUT2D eigenvalue weighted by Crippen LogP contribution is 2.35. The molecule has 0 spiro atoms. The number of fused-ring (bicyclic) bond motifs is 2. The lowest BCUT2D eigenvalue weighted by Crippen LogP contribution is -2.60. The van der Waals surface area contributed by atoms with E-state index in [2.05, 4.69) is 15.5 Å². The molecule has 2 fully saturated rings. The maximum atomic E-state index is 12.3. The molecule has 1 aromatic carbocycles. The molecule has 1 amide bonds. The van der Waals surface area contributed by atoms with Crippen LogP contribution in [-0.4, -0.2) is 34.0 Å². The summed E-state index contributed by atoms with van der Waals surface area (Å²) < 4.78 is 0. The van der Waals surface area contributed by atoms with Crippen LogP contribution in [0.5, 0.6) is 0 Å². The van der Waals surface area contributed by atoms with E-state index < -0.39 is 0 Å². The third-order valence-electron chi connectivity index (χ3n) is 5.25. The Morgan fingerprint density at radius 3 is 2.28 bits per heavy atom. The van der Waals surface area contributed by atoms with Crippen molar-refractivity contribution in [1.29, 1.82) is 0 Å². The molecule has 3 atom stereocenters. The minimum absolute atomic E-state index is 0.147. The van der Waals surface area contributed by atoms with Crippen molar-refractivity contribution in [1.82, 2.24) is 10.2 Å². The van der Waals surface area contributed by atoms with Crippen molar-refractivity contribution in [3.63, 3.8) is 0 Å². The molecule has 4 nitrogen and oxygen atoms in total. The molecule has 25 heavy (non-hydrogen) atoms. The number of para-hydroxylation sites is 1. The summed E-state index contributed by atoms with van der Waals surface area (Å²) in [6, 6.07) is 11.2. The quantitative estimate of drug-likeness (QED) is 0.785. The van der Waals surface area contributed by atoms with E-state index in [9.17, 15) is 4.79 Å². The van der Waals surface area contributed by atoms with Crippen molar-refractivity contribution in [2.75, 3.05) is 5.32 Å². The number of amides is 1. The van der Waals surface area contributed by atoms with Crippen molar-refractivity contribution in [3.05, 3.63) is 30.3 Å². The molecule has 0 aromatic heterocycles. The summed E-state index contributed by atoms with van der Waals surface area (Å²) in [6.45, 7) is 5.91. The number of carbonyl (C=O) groups is 1. The minimum atomic E-state index is -0.337. The van der Waals surface area contributed by atoms with Gasteiger partial charge in [-0.2, -0.15) is 0 Å². The lowest BCUT2D eigenvalue weighted by atomic mass is 9.81. The van der Waals surface area contributed by atoms with Gasteiger partial charge in [-0.25, -0.2) is 0 Å².